The van der Waals surface area contributed by atoms with Gasteiger partial charge in [0, 0.05) is 0 Å². The molecule has 1 aliphatic heterocycles. The number of aliphatic hydroxyl groups excluding tert-OH is 1. The standard InChI is InChI=1S/C16H24BFO4/c1-15(2)16(3,4)22-17(21-15)10-9-12(19)11-20-14-8-6-5-7-13(14)18/h5-8,12,19H,9-11H2,1-4H3. The fourth-order valence-corrected chi connectivity index (χ4v) is 2.24. The van der Waals surface area contributed by atoms with Gasteiger partial charge in [-0.1, -0.05) is 12.1 Å². The molecule has 4 nitrogen and oxygen atoms in total. The van der Waals surface area contributed by atoms with Gasteiger partial charge in [0.05, 0.1) is 17.3 Å². The third-order valence-corrected chi connectivity index (χ3v) is 4.31. The summed E-state index contributed by atoms with van der Waals surface area (Å²) in [4.78, 5) is 0. The number of hydrogen-bond donors (Lipinski definition) is 1. The van der Waals surface area contributed by atoms with Gasteiger partial charge in [0.15, 0.2) is 11.6 Å². The maximum Gasteiger partial charge on any atom is 0.457 e. The van der Waals surface area contributed by atoms with E-state index in [2.05, 4.69) is 0 Å². The molecule has 0 saturated carbocycles. The van der Waals surface area contributed by atoms with Crippen LogP contribution in [0, 0.1) is 5.82 Å². The summed E-state index contributed by atoms with van der Waals surface area (Å²) in [6.45, 7) is 8.01. The van der Waals surface area contributed by atoms with Gasteiger partial charge in [-0.2, -0.15) is 0 Å². The van der Waals surface area contributed by atoms with Crippen LogP contribution in [0.1, 0.15) is 34.1 Å². The molecule has 1 aromatic rings. The van der Waals surface area contributed by atoms with Gasteiger partial charge >= 0.3 is 7.12 Å². The van der Waals surface area contributed by atoms with Crippen molar-refractivity contribution in [2.24, 2.45) is 0 Å². The average molecular weight is 310 g/mol. The molecule has 1 saturated heterocycles. The Morgan fingerprint density at radius 3 is 2.36 bits per heavy atom. The number of para-hydroxylation sites is 1. The molecular formula is C16H24BFO4. The van der Waals surface area contributed by atoms with Gasteiger partial charge in [-0.3, -0.25) is 0 Å². The first kappa shape index (κ1) is 17.3. The average Bonchev–Trinajstić information content (AvgIpc) is 2.64. The Balaban J connectivity index is 1.75. The summed E-state index contributed by atoms with van der Waals surface area (Å²) in [5.41, 5.74) is -0.738. The van der Waals surface area contributed by atoms with Gasteiger partial charge < -0.3 is 19.2 Å². The van der Waals surface area contributed by atoms with E-state index in [0.29, 0.717) is 12.7 Å². The lowest BCUT2D eigenvalue weighted by atomic mass is 9.82. The summed E-state index contributed by atoms with van der Waals surface area (Å²) in [5.74, 6) is -0.280. The SMILES string of the molecule is CC1(C)OB(CCC(O)COc2ccccc2F)OC1(C)C. The second kappa shape index (κ2) is 6.56. The van der Waals surface area contributed by atoms with Crippen molar-refractivity contribution in [3.8, 4) is 5.75 Å². The number of ether oxygens (including phenoxy) is 1. The van der Waals surface area contributed by atoms with Gasteiger partial charge in [-0.15, -0.1) is 0 Å². The van der Waals surface area contributed by atoms with Crippen molar-refractivity contribution in [2.45, 2.75) is 57.7 Å². The molecule has 1 unspecified atom stereocenters. The molecular weight excluding hydrogens is 286 g/mol. The Labute approximate surface area is 131 Å². The lowest BCUT2D eigenvalue weighted by molar-refractivity contribution is 0.00578. The van der Waals surface area contributed by atoms with Crippen LogP contribution in [-0.4, -0.2) is 36.1 Å². The van der Waals surface area contributed by atoms with Crippen LogP contribution in [-0.2, 0) is 9.31 Å². The summed E-state index contributed by atoms with van der Waals surface area (Å²) >= 11 is 0. The van der Waals surface area contributed by atoms with Crippen LogP contribution in [0.3, 0.4) is 0 Å². The van der Waals surface area contributed by atoms with E-state index in [-0.39, 0.29) is 30.7 Å². The van der Waals surface area contributed by atoms with Crippen LogP contribution in [0.15, 0.2) is 24.3 Å². The predicted molar refractivity (Wildman–Crippen MR) is 83.4 cm³/mol. The maximum absolute atomic E-state index is 13.4. The number of aliphatic hydroxyl groups is 1. The van der Waals surface area contributed by atoms with Crippen molar-refractivity contribution < 1.29 is 23.5 Å². The Hall–Kier alpha value is -1.11. The zero-order chi connectivity index (χ0) is 16.4. The van der Waals surface area contributed by atoms with E-state index in [9.17, 15) is 9.50 Å². The number of halogens is 1. The molecule has 22 heavy (non-hydrogen) atoms. The Kier molecular flexibility index (Phi) is 5.15. The van der Waals surface area contributed by atoms with Crippen molar-refractivity contribution >= 4 is 7.12 Å². The van der Waals surface area contributed by atoms with Gasteiger partial charge in [0.1, 0.15) is 6.61 Å². The summed E-state index contributed by atoms with van der Waals surface area (Å²) < 4.78 is 30.4. The van der Waals surface area contributed by atoms with Gasteiger partial charge in [-0.25, -0.2) is 4.39 Å². The highest BCUT2D eigenvalue weighted by molar-refractivity contribution is 6.45. The van der Waals surface area contributed by atoms with E-state index in [1.807, 2.05) is 27.7 Å². The molecule has 0 aromatic heterocycles. The van der Waals surface area contributed by atoms with Crippen LogP contribution < -0.4 is 4.74 Å². The highest BCUT2D eigenvalue weighted by atomic mass is 19.1. The minimum absolute atomic E-state index is 0.0421. The lowest BCUT2D eigenvalue weighted by Gasteiger charge is -2.32. The fraction of sp³-hybridized carbons (Fsp3) is 0.625. The minimum Gasteiger partial charge on any atom is -0.488 e. The van der Waals surface area contributed by atoms with Crippen LogP contribution in [0.2, 0.25) is 6.32 Å². The van der Waals surface area contributed by atoms with Crippen LogP contribution in [0.5, 0.6) is 5.75 Å². The van der Waals surface area contributed by atoms with E-state index < -0.39 is 11.9 Å². The van der Waals surface area contributed by atoms with Crippen molar-refractivity contribution in [1.82, 2.24) is 0 Å². The minimum atomic E-state index is -0.696. The summed E-state index contributed by atoms with van der Waals surface area (Å²) in [6.07, 6.45) is 0.332. The van der Waals surface area contributed by atoms with E-state index in [1.54, 1.807) is 12.1 Å². The molecule has 1 N–H and O–H groups in total. The highest BCUT2D eigenvalue weighted by Gasteiger charge is 2.50. The predicted octanol–water partition coefficient (Wildman–Crippen LogP) is 3.05. The largest absolute Gasteiger partial charge is 0.488 e. The zero-order valence-corrected chi connectivity index (χ0v) is 13.6. The number of hydrogen-bond acceptors (Lipinski definition) is 4. The number of rotatable bonds is 6. The Bertz CT molecular complexity index is 491. The second-order valence-electron chi connectivity index (χ2n) is 6.66. The number of benzene rings is 1. The van der Waals surface area contributed by atoms with E-state index in [4.69, 9.17) is 14.0 Å². The van der Waals surface area contributed by atoms with Crippen molar-refractivity contribution in [3.05, 3.63) is 30.1 Å². The first-order valence-corrected chi connectivity index (χ1v) is 7.62. The summed E-state index contributed by atoms with van der Waals surface area (Å²) in [5, 5.41) is 9.96. The first-order chi connectivity index (χ1) is 10.2. The van der Waals surface area contributed by atoms with Gasteiger partial charge in [0.25, 0.3) is 0 Å². The highest BCUT2D eigenvalue weighted by Crippen LogP contribution is 2.38. The Morgan fingerprint density at radius 1 is 1.18 bits per heavy atom. The zero-order valence-electron chi connectivity index (χ0n) is 13.6. The monoisotopic (exact) mass is 310 g/mol. The molecule has 6 heteroatoms. The maximum atomic E-state index is 13.4. The molecule has 0 aliphatic carbocycles. The normalized spacial score (nSPS) is 20.9. The molecule has 0 amide bonds. The molecule has 122 valence electrons. The van der Waals surface area contributed by atoms with E-state index >= 15 is 0 Å². The molecule has 1 heterocycles. The van der Waals surface area contributed by atoms with Crippen LogP contribution in [0.25, 0.3) is 0 Å². The summed E-state index contributed by atoms with van der Waals surface area (Å²) in [7, 11) is -0.340. The molecule has 1 aliphatic rings. The molecule has 1 fully saturated rings. The topological polar surface area (TPSA) is 47.9 Å². The van der Waals surface area contributed by atoms with E-state index in [1.165, 1.54) is 12.1 Å². The van der Waals surface area contributed by atoms with Crippen LogP contribution >= 0.6 is 0 Å². The lowest BCUT2D eigenvalue weighted by Crippen LogP contribution is -2.41. The molecule has 0 bridgehead atoms. The van der Waals surface area contributed by atoms with Crippen molar-refractivity contribution in [3.63, 3.8) is 0 Å². The smallest absolute Gasteiger partial charge is 0.457 e. The van der Waals surface area contributed by atoms with E-state index in [0.717, 1.165) is 0 Å². The molecule has 0 radical (unpaired) electrons. The fourth-order valence-electron chi connectivity index (χ4n) is 2.24. The Morgan fingerprint density at radius 2 is 1.77 bits per heavy atom. The second-order valence-corrected chi connectivity index (χ2v) is 6.66. The first-order valence-electron chi connectivity index (χ1n) is 7.62. The van der Waals surface area contributed by atoms with Crippen molar-refractivity contribution in [1.29, 1.82) is 0 Å². The third-order valence-electron chi connectivity index (χ3n) is 4.31. The van der Waals surface area contributed by atoms with Crippen molar-refractivity contribution in [2.75, 3.05) is 6.61 Å². The van der Waals surface area contributed by atoms with Gasteiger partial charge in [-0.05, 0) is 52.6 Å². The molecule has 0 spiro atoms. The quantitative estimate of drug-likeness (QED) is 0.821. The molecule has 1 atom stereocenters. The van der Waals surface area contributed by atoms with Gasteiger partial charge in [0.2, 0.25) is 0 Å². The molecule has 2 rings (SSSR count). The van der Waals surface area contributed by atoms with Crippen LogP contribution in [0.4, 0.5) is 4.39 Å². The third kappa shape index (κ3) is 4.00. The molecule has 1 aromatic carbocycles. The summed E-state index contributed by atoms with van der Waals surface area (Å²) in [6, 6.07) is 6.15.